The van der Waals surface area contributed by atoms with E-state index in [4.69, 9.17) is 14.5 Å². The van der Waals surface area contributed by atoms with Crippen molar-refractivity contribution in [1.82, 2.24) is 4.98 Å². The molecule has 0 aliphatic carbocycles. The summed E-state index contributed by atoms with van der Waals surface area (Å²) in [6.07, 6.45) is 0.245. The average Bonchev–Trinajstić information content (AvgIpc) is 3.30. The summed E-state index contributed by atoms with van der Waals surface area (Å²) in [5.74, 6) is 1.15. The molecule has 0 atom stereocenters. The highest BCUT2D eigenvalue weighted by Gasteiger charge is 2.10. The van der Waals surface area contributed by atoms with E-state index in [2.05, 4.69) is 17.4 Å². The number of thiazole rings is 1. The maximum absolute atomic E-state index is 12.5. The molecular weight excluding hydrogens is 408 g/mol. The molecule has 0 spiro atoms. The molecule has 4 aromatic rings. The number of hydrogen-bond acceptors (Lipinski definition) is 5. The first-order chi connectivity index (χ1) is 15.2. The van der Waals surface area contributed by atoms with Gasteiger partial charge in [0.2, 0.25) is 5.91 Å². The minimum atomic E-state index is -0.0972. The first-order valence-electron chi connectivity index (χ1n) is 9.78. The third-order valence-electron chi connectivity index (χ3n) is 4.80. The van der Waals surface area contributed by atoms with Gasteiger partial charge in [0.25, 0.3) is 0 Å². The Morgan fingerprint density at radius 1 is 0.903 bits per heavy atom. The zero-order valence-electron chi connectivity index (χ0n) is 17.3. The summed E-state index contributed by atoms with van der Waals surface area (Å²) in [6.45, 7) is 0. The van der Waals surface area contributed by atoms with Crippen LogP contribution in [-0.4, -0.2) is 25.1 Å². The third kappa shape index (κ3) is 4.92. The predicted octanol–water partition coefficient (Wildman–Crippen LogP) is 5.68. The lowest BCUT2D eigenvalue weighted by Gasteiger charge is -2.10. The van der Waals surface area contributed by atoms with Gasteiger partial charge in [0, 0.05) is 22.2 Å². The number of carbonyl (C=O) groups excluding carboxylic acids is 1. The van der Waals surface area contributed by atoms with Crippen LogP contribution in [0.15, 0.2) is 78.2 Å². The number of amides is 1. The smallest absolute Gasteiger partial charge is 0.228 e. The first kappa shape index (κ1) is 20.6. The fourth-order valence-corrected chi connectivity index (χ4v) is 4.06. The lowest BCUT2D eigenvalue weighted by molar-refractivity contribution is -0.115. The molecular formula is C25H22N2O3S. The largest absolute Gasteiger partial charge is 0.493 e. The number of benzene rings is 3. The van der Waals surface area contributed by atoms with Gasteiger partial charge < -0.3 is 14.8 Å². The summed E-state index contributed by atoms with van der Waals surface area (Å²) in [5.41, 5.74) is 4.64. The molecule has 0 aliphatic rings. The number of nitrogens with one attached hydrogen (secondary N) is 1. The fraction of sp³-hybridized carbons (Fsp3) is 0.120. The van der Waals surface area contributed by atoms with Crippen LogP contribution < -0.4 is 14.8 Å². The third-order valence-corrected chi connectivity index (χ3v) is 5.69. The van der Waals surface area contributed by atoms with Gasteiger partial charge in [0.05, 0.1) is 26.3 Å². The predicted molar refractivity (Wildman–Crippen MR) is 125 cm³/mol. The molecule has 0 saturated heterocycles. The van der Waals surface area contributed by atoms with Crippen molar-refractivity contribution in [2.75, 3.05) is 19.5 Å². The minimum absolute atomic E-state index is 0.0972. The van der Waals surface area contributed by atoms with E-state index in [1.165, 1.54) is 0 Å². The van der Waals surface area contributed by atoms with E-state index in [0.717, 1.165) is 33.1 Å². The first-order valence-corrected chi connectivity index (χ1v) is 10.7. The highest BCUT2D eigenvalue weighted by atomic mass is 32.1. The second-order valence-electron chi connectivity index (χ2n) is 6.90. The van der Waals surface area contributed by atoms with Gasteiger partial charge in [-0.3, -0.25) is 4.79 Å². The SMILES string of the molecule is COc1ccc(CC(=O)Nc2ccc(-c3csc(-c4ccccc4)n3)cc2)cc1OC. The molecule has 3 aromatic carbocycles. The molecule has 4 rings (SSSR count). The fourth-order valence-electron chi connectivity index (χ4n) is 3.23. The molecule has 1 amide bonds. The monoisotopic (exact) mass is 430 g/mol. The van der Waals surface area contributed by atoms with Crippen molar-refractivity contribution < 1.29 is 14.3 Å². The number of methoxy groups -OCH3 is 2. The number of ether oxygens (including phenoxy) is 2. The van der Waals surface area contributed by atoms with Crippen molar-refractivity contribution in [3.05, 3.63) is 83.7 Å². The Kier molecular flexibility index (Phi) is 6.29. The van der Waals surface area contributed by atoms with Crippen LogP contribution >= 0.6 is 11.3 Å². The van der Waals surface area contributed by atoms with Crippen molar-refractivity contribution >= 4 is 22.9 Å². The van der Waals surface area contributed by atoms with Gasteiger partial charge in [-0.1, -0.05) is 48.5 Å². The second kappa shape index (κ2) is 9.45. The molecule has 31 heavy (non-hydrogen) atoms. The number of aromatic nitrogens is 1. The molecule has 0 saturated carbocycles. The van der Waals surface area contributed by atoms with Crippen molar-refractivity contribution in [2.45, 2.75) is 6.42 Å². The molecule has 5 nitrogen and oxygen atoms in total. The molecule has 0 fully saturated rings. The van der Waals surface area contributed by atoms with Crippen molar-refractivity contribution in [2.24, 2.45) is 0 Å². The van der Waals surface area contributed by atoms with E-state index in [1.54, 1.807) is 31.6 Å². The Morgan fingerprint density at radius 3 is 2.35 bits per heavy atom. The normalized spacial score (nSPS) is 10.5. The number of hydrogen-bond donors (Lipinski definition) is 1. The molecule has 0 bridgehead atoms. The van der Waals surface area contributed by atoms with Gasteiger partial charge in [0.1, 0.15) is 5.01 Å². The summed E-state index contributed by atoms with van der Waals surface area (Å²) in [4.78, 5) is 17.2. The molecule has 6 heteroatoms. The van der Waals surface area contributed by atoms with Crippen molar-refractivity contribution in [3.63, 3.8) is 0 Å². The molecule has 0 aliphatic heterocycles. The summed E-state index contributed by atoms with van der Waals surface area (Å²) in [6, 6.07) is 23.3. The Morgan fingerprint density at radius 2 is 1.65 bits per heavy atom. The second-order valence-corrected chi connectivity index (χ2v) is 7.75. The van der Waals surface area contributed by atoms with Crippen LogP contribution in [0.3, 0.4) is 0 Å². The Labute approximate surface area is 185 Å². The number of nitrogens with zero attached hydrogens (tertiary/aromatic N) is 1. The Bertz CT molecular complexity index is 1170. The lowest BCUT2D eigenvalue weighted by atomic mass is 10.1. The zero-order valence-corrected chi connectivity index (χ0v) is 18.1. The van der Waals surface area contributed by atoms with Crippen LogP contribution in [-0.2, 0) is 11.2 Å². The van der Waals surface area contributed by atoms with Crippen molar-refractivity contribution in [3.8, 4) is 33.3 Å². The topological polar surface area (TPSA) is 60.5 Å². The van der Waals surface area contributed by atoms with Crippen LogP contribution in [0.1, 0.15) is 5.56 Å². The van der Waals surface area contributed by atoms with Gasteiger partial charge >= 0.3 is 0 Å². The van der Waals surface area contributed by atoms with E-state index in [-0.39, 0.29) is 12.3 Å². The molecule has 1 aromatic heterocycles. The Balaban J connectivity index is 1.41. The number of anilines is 1. The van der Waals surface area contributed by atoms with Crippen LogP contribution in [0.4, 0.5) is 5.69 Å². The molecule has 0 radical (unpaired) electrons. The van der Waals surface area contributed by atoms with E-state index in [1.807, 2.05) is 60.0 Å². The van der Waals surface area contributed by atoms with E-state index in [0.29, 0.717) is 11.5 Å². The minimum Gasteiger partial charge on any atom is -0.493 e. The van der Waals surface area contributed by atoms with Crippen LogP contribution in [0.2, 0.25) is 0 Å². The van der Waals surface area contributed by atoms with E-state index < -0.39 is 0 Å². The average molecular weight is 431 g/mol. The van der Waals surface area contributed by atoms with Gasteiger partial charge in [-0.25, -0.2) is 4.98 Å². The zero-order chi connectivity index (χ0) is 21.6. The summed E-state index contributed by atoms with van der Waals surface area (Å²) in [7, 11) is 3.16. The summed E-state index contributed by atoms with van der Waals surface area (Å²) < 4.78 is 10.5. The number of carbonyl (C=O) groups is 1. The molecule has 156 valence electrons. The molecule has 1 N–H and O–H groups in total. The van der Waals surface area contributed by atoms with Gasteiger partial charge in [-0.05, 0) is 29.8 Å². The van der Waals surface area contributed by atoms with Gasteiger partial charge in [-0.2, -0.15) is 0 Å². The lowest BCUT2D eigenvalue weighted by Crippen LogP contribution is -2.14. The highest BCUT2D eigenvalue weighted by molar-refractivity contribution is 7.13. The van der Waals surface area contributed by atoms with Gasteiger partial charge in [-0.15, -0.1) is 11.3 Å². The van der Waals surface area contributed by atoms with Crippen molar-refractivity contribution in [1.29, 1.82) is 0 Å². The molecule has 0 unspecified atom stereocenters. The Hall–Kier alpha value is -3.64. The standard InChI is InChI=1S/C25H22N2O3S/c1-29-22-13-8-17(14-23(22)30-2)15-24(28)26-20-11-9-18(10-12-20)21-16-31-25(27-21)19-6-4-3-5-7-19/h3-14,16H,15H2,1-2H3,(H,26,28). The van der Waals surface area contributed by atoms with Crippen LogP contribution in [0.5, 0.6) is 11.5 Å². The quantitative estimate of drug-likeness (QED) is 0.410. The molecule has 1 heterocycles. The van der Waals surface area contributed by atoms with E-state index in [9.17, 15) is 4.79 Å². The maximum Gasteiger partial charge on any atom is 0.228 e. The number of rotatable bonds is 7. The maximum atomic E-state index is 12.5. The van der Waals surface area contributed by atoms with E-state index >= 15 is 0 Å². The van der Waals surface area contributed by atoms with Crippen LogP contribution in [0.25, 0.3) is 21.8 Å². The van der Waals surface area contributed by atoms with Crippen LogP contribution in [0, 0.1) is 0 Å². The highest BCUT2D eigenvalue weighted by Crippen LogP contribution is 2.30. The summed E-state index contributed by atoms with van der Waals surface area (Å²) in [5, 5.41) is 5.97. The van der Waals surface area contributed by atoms with Gasteiger partial charge in [0.15, 0.2) is 11.5 Å². The summed E-state index contributed by atoms with van der Waals surface area (Å²) >= 11 is 1.62.